The van der Waals surface area contributed by atoms with Crippen LogP contribution in [0.2, 0.25) is 0 Å². The SMILES string of the molecule is Cc1ccc(C(C(N)=O)N(Cc2ccccc2)c2ccc(C(=N)N)cc2)cc1C. The number of hydrogen-bond donors (Lipinski definition) is 3. The topological polar surface area (TPSA) is 96.2 Å². The number of nitrogen functional groups attached to an aromatic ring is 1. The quantitative estimate of drug-likeness (QED) is 0.425. The summed E-state index contributed by atoms with van der Waals surface area (Å²) in [5.41, 5.74) is 17.1. The molecule has 3 aromatic carbocycles. The Balaban J connectivity index is 2.09. The summed E-state index contributed by atoms with van der Waals surface area (Å²) in [6.45, 7) is 4.58. The van der Waals surface area contributed by atoms with Crippen molar-refractivity contribution in [2.45, 2.75) is 26.4 Å². The minimum atomic E-state index is -0.627. The lowest BCUT2D eigenvalue weighted by Gasteiger charge is -2.32. The summed E-state index contributed by atoms with van der Waals surface area (Å²) in [5.74, 6) is -0.411. The second-order valence-electron chi connectivity index (χ2n) is 7.22. The molecule has 5 heteroatoms. The van der Waals surface area contributed by atoms with Gasteiger partial charge in [0, 0.05) is 17.8 Å². The first-order valence-electron chi connectivity index (χ1n) is 9.48. The van der Waals surface area contributed by atoms with Crippen molar-refractivity contribution < 1.29 is 4.79 Å². The number of amidine groups is 1. The maximum atomic E-state index is 12.6. The molecule has 0 radical (unpaired) electrons. The van der Waals surface area contributed by atoms with Gasteiger partial charge >= 0.3 is 0 Å². The third-order valence-electron chi connectivity index (χ3n) is 5.13. The molecule has 0 aliphatic heterocycles. The molecule has 0 aliphatic carbocycles. The molecule has 0 saturated heterocycles. The summed E-state index contributed by atoms with van der Waals surface area (Å²) < 4.78 is 0. The van der Waals surface area contributed by atoms with Crippen LogP contribution in [0.3, 0.4) is 0 Å². The molecular formula is C24H26N4O. The summed E-state index contributed by atoms with van der Waals surface area (Å²) in [6.07, 6.45) is 0. The highest BCUT2D eigenvalue weighted by Gasteiger charge is 2.27. The normalized spacial score (nSPS) is 11.7. The van der Waals surface area contributed by atoms with Gasteiger partial charge in [0.2, 0.25) is 5.91 Å². The first-order valence-corrected chi connectivity index (χ1v) is 9.48. The van der Waals surface area contributed by atoms with Crippen LogP contribution in [0.4, 0.5) is 5.69 Å². The first-order chi connectivity index (χ1) is 13.9. The molecular weight excluding hydrogens is 360 g/mol. The number of nitrogens with one attached hydrogen (secondary N) is 1. The zero-order valence-corrected chi connectivity index (χ0v) is 16.7. The Kier molecular flexibility index (Phi) is 5.98. The van der Waals surface area contributed by atoms with Gasteiger partial charge in [0.1, 0.15) is 11.9 Å². The minimum Gasteiger partial charge on any atom is -0.384 e. The van der Waals surface area contributed by atoms with Crippen LogP contribution in [-0.2, 0) is 11.3 Å². The minimum absolute atomic E-state index is 0.00627. The fourth-order valence-corrected chi connectivity index (χ4v) is 3.38. The van der Waals surface area contributed by atoms with Gasteiger partial charge in [0.25, 0.3) is 0 Å². The van der Waals surface area contributed by atoms with E-state index in [4.69, 9.17) is 16.9 Å². The number of benzene rings is 3. The van der Waals surface area contributed by atoms with Crippen molar-refractivity contribution in [2.75, 3.05) is 4.90 Å². The number of amides is 1. The predicted octanol–water partition coefficient (Wildman–Crippen LogP) is 3.82. The summed E-state index contributed by atoms with van der Waals surface area (Å²) >= 11 is 0. The van der Waals surface area contributed by atoms with E-state index in [0.29, 0.717) is 12.1 Å². The van der Waals surface area contributed by atoms with Crippen LogP contribution in [-0.4, -0.2) is 11.7 Å². The Morgan fingerprint density at radius 3 is 2.14 bits per heavy atom. The van der Waals surface area contributed by atoms with E-state index < -0.39 is 11.9 Å². The van der Waals surface area contributed by atoms with Gasteiger partial charge in [-0.2, -0.15) is 0 Å². The van der Waals surface area contributed by atoms with E-state index in [0.717, 1.165) is 27.9 Å². The smallest absolute Gasteiger partial charge is 0.244 e. The van der Waals surface area contributed by atoms with E-state index in [-0.39, 0.29) is 5.84 Å². The number of carbonyl (C=O) groups is 1. The highest BCUT2D eigenvalue weighted by molar-refractivity contribution is 5.95. The fraction of sp³-hybridized carbons (Fsp3) is 0.167. The van der Waals surface area contributed by atoms with E-state index in [2.05, 4.69) is 0 Å². The predicted molar refractivity (Wildman–Crippen MR) is 118 cm³/mol. The largest absolute Gasteiger partial charge is 0.384 e. The molecule has 0 fully saturated rings. The van der Waals surface area contributed by atoms with Gasteiger partial charge in [-0.25, -0.2) is 0 Å². The molecule has 29 heavy (non-hydrogen) atoms. The number of aryl methyl sites for hydroxylation is 2. The summed E-state index contributed by atoms with van der Waals surface area (Å²) in [7, 11) is 0. The van der Waals surface area contributed by atoms with Crippen LogP contribution in [0.1, 0.15) is 33.9 Å². The van der Waals surface area contributed by atoms with Crippen molar-refractivity contribution in [2.24, 2.45) is 11.5 Å². The van der Waals surface area contributed by atoms with Gasteiger partial charge in [-0.15, -0.1) is 0 Å². The van der Waals surface area contributed by atoms with Crippen molar-refractivity contribution in [3.8, 4) is 0 Å². The van der Waals surface area contributed by atoms with Crippen molar-refractivity contribution >= 4 is 17.4 Å². The Labute approximate surface area is 171 Å². The summed E-state index contributed by atoms with van der Waals surface area (Å²) in [5, 5.41) is 7.61. The monoisotopic (exact) mass is 386 g/mol. The number of carbonyl (C=O) groups excluding carboxylic acids is 1. The molecule has 5 nitrogen and oxygen atoms in total. The summed E-state index contributed by atoms with van der Waals surface area (Å²) in [6, 6.07) is 22.6. The molecule has 0 heterocycles. The van der Waals surface area contributed by atoms with E-state index in [1.807, 2.05) is 79.4 Å². The molecule has 0 spiro atoms. The van der Waals surface area contributed by atoms with Gasteiger partial charge in [-0.3, -0.25) is 10.2 Å². The number of primary amides is 1. The Morgan fingerprint density at radius 2 is 1.59 bits per heavy atom. The van der Waals surface area contributed by atoms with Crippen LogP contribution in [0.25, 0.3) is 0 Å². The second kappa shape index (κ2) is 8.61. The van der Waals surface area contributed by atoms with E-state index in [9.17, 15) is 4.79 Å². The van der Waals surface area contributed by atoms with Crippen molar-refractivity contribution in [3.63, 3.8) is 0 Å². The lowest BCUT2D eigenvalue weighted by Crippen LogP contribution is -2.37. The fourth-order valence-electron chi connectivity index (χ4n) is 3.38. The van der Waals surface area contributed by atoms with Crippen LogP contribution >= 0.6 is 0 Å². The molecule has 0 bridgehead atoms. The third-order valence-corrected chi connectivity index (χ3v) is 5.13. The highest BCUT2D eigenvalue weighted by Crippen LogP contribution is 2.30. The lowest BCUT2D eigenvalue weighted by molar-refractivity contribution is -0.119. The zero-order chi connectivity index (χ0) is 21.0. The average Bonchev–Trinajstić information content (AvgIpc) is 2.71. The van der Waals surface area contributed by atoms with Crippen LogP contribution in [0.5, 0.6) is 0 Å². The Bertz CT molecular complexity index is 1010. The zero-order valence-electron chi connectivity index (χ0n) is 16.7. The number of anilines is 1. The van der Waals surface area contributed by atoms with Gasteiger partial charge in [0.05, 0.1) is 0 Å². The highest BCUT2D eigenvalue weighted by atomic mass is 16.1. The second-order valence-corrected chi connectivity index (χ2v) is 7.22. The van der Waals surface area contributed by atoms with Crippen LogP contribution in [0, 0.1) is 19.3 Å². The average molecular weight is 386 g/mol. The Morgan fingerprint density at radius 1 is 0.931 bits per heavy atom. The number of hydrogen-bond acceptors (Lipinski definition) is 3. The molecule has 3 aromatic rings. The molecule has 5 N–H and O–H groups in total. The third kappa shape index (κ3) is 4.63. The van der Waals surface area contributed by atoms with E-state index in [1.165, 1.54) is 0 Å². The van der Waals surface area contributed by atoms with Gasteiger partial charge in [-0.05, 0) is 60.4 Å². The molecule has 0 aliphatic rings. The number of nitrogens with zero attached hydrogens (tertiary/aromatic N) is 1. The molecule has 0 aromatic heterocycles. The molecule has 1 atom stereocenters. The standard InChI is InChI=1S/C24H26N4O/c1-16-8-9-20(14-17(16)2)22(24(27)29)28(15-18-6-4-3-5-7-18)21-12-10-19(11-13-21)23(25)26/h3-14,22H,15H2,1-2H3,(H3,25,26)(H2,27,29). The maximum Gasteiger partial charge on any atom is 0.244 e. The van der Waals surface area contributed by atoms with Crippen LogP contribution < -0.4 is 16.4 Å². The van der Waals surface area contributed by atoms with Crippen LogP contribution in [0.15, 0.2) is 72.8 Å². The molecule has 148 valence electrons. The number of rotatable bonds is 7. The first kappa shape index (κ1) is 20.1. The number of nitrogens with two attached hydrogens (primary N) is 2. The van der Waals surface area contributed by atoms with Crippen molar-refractivity contribution in [1.29, 1.82) is 5.41 Å². The molecule has 1 unspecified atom stereocenters. The maximum absolute atomic E-state index is 12.6. The van der Waals surface area contributed by atoms with E-state index in [1.54, 1.807) is 12.1 Å². The molecule has 0 saturated carbocycles. The van der Waals surface area contributed by atoms with E-state index >= 15 is 0 Å². The van der Waals surface area contributed by atoms with Crippen molar-refractivity contribution in [1.82, 2.24) is 0 Å². The van der Waals surface area contributed by atoms with Crippen molar-refractivity contribution in [3.05, 3.63) is 101 Å². The molecule has 1 amide bonds. The summed E-state index contributed by atoms with van der Waals surface area (Å²) in [4.78, 5) is 14.6. The lowest BCUT2D eigenvalue weighted by atomic mass is 9.98. The van der Waals surface area contributed by atoms with Gasteiger partial charge < -0.3 is 16.4 Å². The van der Waals surface area contributed by atoms with Gasteiger partial charge in [0.15, 0.2) is 0 Å². The van der Waals surface area contributed by atoms with Gasteiger partial charge in [-0.1, -0.05) is 48.5 Å². The Hall–Kier alpha value is -3.60. The molecule has 3 rings (SSSR count).